The maximum Gasteiger partial charge on any atom is 0.336 e. The van der Waals surface area contributed by atoms with E-state index in [1.54, 1.807) is 42.5 Å². The van der Waals surface area contributed by atoms with Gasteiger partial charge in [0.05, 0.1) is 10.9 Å². The predicted octanol–water partition coefficient (Wildman–Crippen LogP) is 5.57. The number of para-hydroxylation sites is 1. The molecule has 0 radical (unpaired) electrons. The minimum absolute atomic E-state index is 0.206. The Hall–Kier alpha value is -3.39. The van der Waals surface area contributed by atoms with Gasteiger partial charge in [0.2, 0.25) is 10.0 Å². The lowest BCUT2D eigenvalue weighted by Crippen LogP contribution is -2.40. The average molecular weight is 505 g/mol. The molecule has 0 saturated heterocycles. The fraction of sp³-hybridized carbons (Fsp3) is 0.148. The highest BCUT2D eigenvalue weighted by Crippen LogP contribution is 2.43. The molecule has 8 heteroatoms. The summed E-state index contributed by atoms with van der Waals surface area (Å²) in [6.07, 6.45) is 0.543. The number of hydrogen-bond donors (Lipinski definition) is 1. The van der Waals surface area contributed by atoms with Gasteiger partial charge in [-0.1, -0.05) is 47.5 Å². The number of benzene rings is 3. The molecule has 1 atom stereocenters. The number of nitrogens with one attached hydrogen (secondary N) is 1. The number of rotatable bonds is 3. The molecule has 3 aromatic carbocycles. The molecule has 0 amide bonds. The first-order valence-electron chi connectivity index (χ1n) is 11.2. The Kier molecular flexibility index (Phi) is 5.11. The number of aryl methyl sites for hydroxylation is 1. The lowest BCUT2D eigenvalue weighted by atomic mass is 9.92. The fourth-order valence-electron chi connectivity index (χ4n) is 5.02. The van der Waals surface area contributed by atoms with Gasteiger partial charge < -0.3 is 9.40 Å². The molecule has 35 heavy (non-hydrogen) atoms. The van der Waals surface area contributed by atoms with Gasteiger partial charge in [0.25, 0.3) is 0 Å². The van der Waals surface area contributed by atoms with Crippen LogP contribution in [0.3, 0.4) is 0 Å². The zero-order chi connectivity index (χ0) is 24.3. The molecule has 6 nitrogen and oxygen atoms in total. The van der Waals surface area contributed by atoms with Crippen molar-refractivity contribution in [2.45, 2.75) is 24.3 Å². The van der Waals surface area contributed by atoms with Gasteiger partial charge in [0.1, 0.15) is 5.58 Å². The monoisotopic (exact) mass is 504 g/mol. The van der Waals surface area contributed by atoms with E-state index < -0.39 is 21.7 Å². The number of H-pyrrole nitrogens is 1. The summed E-state index contributed by atoms with van der Waals surface area (Å²) in [5, 5.41) is 2.11. The van der Waals surface area contributed by atoms with E-state index in [9.17, 15) is 13.2 Å². The Bertz CT molecular complexity index is 1770. The molecule has 0 aliphatic carbocycles. The van der Waals surface area contributed by atoms with Gasteiger partial charge >= 0.3 is 5.63 Å². The Morgan fingerprint density at radius 2 is 1.77 bits per heavy atom. The molecule has 6 rings (SSSR count). The summed E-state index contributed by atoms with van der Waals surface area (Å²) in [6.45, 7) is 2.17. The van der Waals surface area contributed by atoms with E-state index in [1.807, 2.05) is 31.2 Å². The topological polar surface area (TPSA) is 83.4 Å². The molecule has 0 spiro atoms. The molecule has 5 aromatic rings. The summed E-state index contributed by atoms with van der Waals surface area (Å²) in [5.74, 6) is 0. The Morgan fingerprint density at radius 3 is 2.57 bits per heavy atom. The Labute approximate surface area is 206 Å². The number of aromatic nitrogens is 1. The number of halogens is 1. The van der Waals surface area contributed by atoms with Crippen LogP contribution in [-0.4, -0.2) is 24.3 Å². The van der Waals surface area contributed by atoms with Crippen molar-refractivity contribution in [3.8, 4) is 0 Å². The molecule has 0 fully saturated rings. The third-order valence-corrected chi connectivity index (χ3v) is 8.76. The lowest BCUT2D eigenvalue weighted by molar-refractivity contribution is 0.340. The lowest BCUT2D eigenvalue weighted by Gasteiger charge is -2.35. The molecule has 1 aliphatic heterocycles. The average Bonchev–Trinajstić information content (AvgIpc) is 3.22. The first kappa shape index (κ1) is 22.1. The highest BCUT2D eigenvalue weighted by atomic mass is 35.5. The van der Waals surface area contributed by atoms with E-state index in [0.717, 1.165) is 27.7 Å². The standard InChI is InChI=1S/C27H21ClN2O4S/c1-16-6-9-18(10-7-16)35(32,33)30-13-12-20-19-4-2-3-5-23(19)29-26(20)27(30)22-15-25(31)34-24-11-8-17(28)14-21(22)24/h2-11,14-15,27,29H,12-13H2,1H3. The van der Waals surface area contributed by atoms with E-state index in [4.69, 9.17) is 16.0 Å². The molecular formula is C27H21ClN2O4S. The van der Waals surface area contributed by atoms with Crippen molar-refractivity contribution in [3.63, 3.8) is 0 Å². The van der Waals surface area contributed by atoms with Crippen molar-refractivity contribution < 1.29 is 12.8 Å². The summed E-state index contributed by atoms with van der Waals surface area (Å²) < 4.78 is 34.9. The van der Waals surface area contributed by atoms with Crippen LogP contribution in [0.25, 0.3) is 21.9 Å². The second-order valence-corrected chi connectivity index (χ2v) is 11.1. The summed E-state index contributed by atoms with van der Waals surface area (Å²) >= 11 is 6.31. The van der Waals surface area contributed by atoms with Crippen LogP contribution in [0, 0.1) is 6.92 Å². The second-order valence-electron chi connectivity index (χ2n) is 8.81. The van der Waals surface area contributed by atoms with Crippen molar-refractivity contribution in [2.75, 3.05) is 6.54 Å². The molecule has 2 aromatic heterocycles. The van der Waals surface area contributed by atoms with Crippen LogP contribution in [0.5, 0.6) is 0 Å². The van der Waals surface area contributed by atoms with Crippen LogP contribution >= 0.6 is 11.6 Å². The largest absolute Gasteiger partial charge is 0.423 e. The van der Waals surface area contributed by atoms with Crippen molar-refractivity contribution in [1.29, 1.82) is 0 Å². The van der Waals surface area contributed by atoms with Crippen LogP contribution < -0.4 is 5.63 Å². The second kappa shape index (κ2) is 8.09. The number of nitrogens with zero attached hydrogens (tertiary/aromatic N) is 1. The van der Waals surface area contributed by atoms with Crippen LogP contribution in [0.15, 0.2) is 86.9 Å². The summed E-state index contributed by atoms with van der Waals surface area (Å²) in [6, 6.07) is 20.3. The van der Waals surface area contributed by atoms with Gasteiger partial charge in [0.15, 0.2) is 0 Å². The number of sulfonamides is 1. The first-order chi connectivity index (χ1) is 16.8. The molecule has 0 saturated carbocycles. The third-order valence-electron chi connectivity index (χ3n) is 6.65. The zero-order valence-corrected chi connectivity index (χ0v) is 20.4. The van der Waals surface area contributed by atoms with Crippen LogP contribution in [0.2, 0.25) is 5.02 Å². The minimum Gasteiger partial charge on any atom is -0.423 e. The van der Waals surface area contributed by atoms with Crippen molar-refractivity contribution in [2.24, 2.45) is 0 Å². The van der Waals surface area contributed by atoms with Crippen molar-refractivity contribution in [3.05, 3.63) is 111 Å². The molecule has 3 heterocycles. The highest BCUT2D eigenvalue weighted by Gasteiger charge is 2.40. The molecular weight excluding hydrogens is 484 g/mol. The smallest absolute Gasteiger partial charge is 0.336 e. The van der Waals surface area contributed by atoms with Gasteiger partial charge in [0, 0.05) is 39.6 Å². The van der Waals surface area contributed by atoms with Crippen molar-refractivity contribution in [1.82, 2.24) is 9.29 Å². The minimum atomic E-state index is -3.90. The van der Waals surface area contributed by atoms with Gasteiger partial charge in [-0.25, -0.2) is 13.2 Å². The quantitative estimate of drug-likeness (QED) is 0.325. The fourth-order valence-corrected chi connectivity index (χ4v) is 6.77. The van der Waals surface area contributed by atoms with Gasteiger partial charge in [-0.05, 0) is 60.9 Å². The van der Waals surface area contributed by atoms with Gasteiger partial charge in [-0.15, -0.1) is 0 Å². The maximum atomic E-state index is 14.0. The molecule has 1 unspecified atom stereocenters. The summed E-state index contributed by atoms with van der Waals surface area (Å²) in [5.41, 5.74) is 4.02. The molecule has 176 valence electrons. The first-order valence-corrected chi connectivity index (χ1v) is 13.1. The number of aromatic amines is 1. The van der Waals surface area contributed by atoms with E-state index in [-0.39, 0.29) is 11.4 Å². The van der Waals surface area contributed by atoms with Crippen LogP contribution in [0.1, 0.15) is 28.4 Å². The molecule has 0 bridgehead atoms. The Morgan fingerprint density at radius 1 is 1.00 bits per heavy atom. The molecule has 1 aliphatic rings. The maximum absolute atomic E-state index is 14.0. The van der Waals surface area contributed by atoms with Gasteiger partial charge in [-0.3, -0.25) is 0 Å². The number of fused-ring (bicyclic) bond motifs is 4. The SMILES string of the molecule is Cc1ccc(S(=O)(=O)N2CCc3c([nH]c4ccccc34)C2c2cc(=O)oc3ccc(Cl)cc23)cc1. The van der Waals surface area contributed by atoms with E-state index in [1.165, 1.54) is 10.4 Å². The third kappa shape index (κ3) is 3.58. The van der Waals surface area contributed by atoms with Gasteiger partial charge in [-0.2, -0.15) is 4.31 Å². The van der Waals surface area contributed by atoms with Crippen LogP contribution in [0.4, 0.5) is 0 Å². The summed E-state index contributed by atoms with van der Waals surface area (Å²) in [4.78, 5) is 16.3. The molecule has 1 N–H and O–H groups in total. The number of hydrogen-bond acceptors (Lipinski definition) is 4. The summed E-state index contributed by atoms with van der Waals surface area (Å²) in [7, 11) is -3.90. The normalized spacial score (nSPS) is 16.6. The van der Waals surface area contributed by atoms with Crippen LogP contribution in [-0.2, 0) is 16.4 Å². The van der Waals surface area contributed by atoms with E-state index in [0.29, 0.717) is 28.0 Å². The zero-order valence-electron chi connectivity index (χ0n) is 18.8. The van der Waals surface area contributed by atoms with Crippen molar-refractivity contribution >= 4 is 43.5 Å². The Balaban J connectivity index is 1.66. The highest BCUT2D eigenvalue weighted by molar-refractivity contribution is 7.89. The van der Waals surface area contributed by atoms with E-state index >= 15 is 0 Å². The van der Waals surface area contributed by atoms with E-state index in [2.05, 4.69) is 4.98 Å². The predicted molar refractivity (Wildman–Crippen MR) is 136 cm³/mol.